The molecule has 1 fully saturated rings. The number of furan rings is 1. The molecule has 10 heteroatoms. The molecular weight excluding hydrogens is 448 g/mol. The fraction of sp³-hybridized carbons (Fsp3) is 0.0870. The summed E-state index contributed by atoms with van der Waals surface area (Å²) in [5.74, 6) is -0.776. The Morgan fingerprint density at radius 2 is 1.94 bits per heavy atom. The Bertz CT molecular complexity index is 1340. The Morgan fingerprint density at radius 1 is 1.18 bits per heavy atom. The number of carbonyl (C=O) groups excluding carboxylic acids is 2. The fourth-order valence-corrected chi connectivity index (χ4v) is 4.23. The number of thioether (sulfide) groups is 1. The van der Waals surface area contributed by atoms with Gasteiger partial charge in [-0.2, -0.15) is 0 Å². The second-order valence-electron chi connectivity index (χ2n) is 7.19. The van der Waals surface area contributed by atoms with Gasteiger partial charge < -0.3 is 9.52 Å². The number of aryl methyl sites for hydroxylation is 1. The van der Waals surface area contributed by atoms with E-state index in [0.29, 0.717) is 22.6 Å². The molecule has 2 heterocycles. The highest BCUT2D eigenvalue weighted by Gasteiger charge is 2.36. The van der Waals surface area contributed by atoms with E-state index < -0.39 is 22.0 Å². The number of carboxylic acids is 1. The summed E-state index contributed by atoms with van der Waals surface area (Å²) in [7, 11) is 0. The van der Waals surface area contributed by atoms with Crippen LogP contribution in [0.2, 0.25) is 0 Å². The molecular formula is C23H16N2O7S. The van der Waals surface area contributed by atoms with Crippen molar-refractivity contribution in [1.29, 1.82) is 0 Å². The van der Waals surface area contributed by atoms with Crippen molar-refractivity contribution in [2.75, 3.05) is 0 Å². The molecule has 9 nitrogen and oxygen atoms in total. The van der Waals surface area contributed by atoms with Crippen molar-refractivity contribution in [1.82, 2.24) is 4.90 Å². The highest BCUT2D eigenvalue weighted by Crippen LogP contribution is 2.35. The highest BCUT2D eigenvalue weighted by molar-refractivity contribution is 8.18. The second kappa shape index (κ2) is 8.75. The summed E-state index contributed by atoms with van der Waals surface area (Å²) in [5.41, 5.74) is 1.66. The van der Waals surface area contributed by atoms with Crippen LogP contribution in [-0.4, -0.2) is 32.0 Å². The van der Waals surface area contributed by atoms with Crippen LogP contribution >= 0.6 is 11.8 Å². The van der Waals surface area contributed by atoms with Crippen LogP contribution in [0.15, 0.2) is 63.9 Å². The smallest absolute Gasteiger partial charge is 0.335 e. The van der Waals surface area contributed by atoms with Crippen LogP contribution in [0.1, 0.15) is 27.2 Å². The molecule has 0 spiro atoms. The third kappa shape index (κ3) is 4.41. The molecule has 166 valence electrons. The van der Waals surface area contributed by atoms with Crippen molar-refractivity contribution in [3.05, 3.63) is 92.1 Å². The lowest BCUT2D eigenvalue weighted by atomic mass is 10.0. The third-order valence-electron chi connectivity index (χ3n) is 5.03. The average molecular weight is 464 g/mol. The largest absolute Gasteiger partial charge is 0.478 e. The first-order chi connectivity index (χ1) is 15.7. The zero-order valence-electron chi connectivity index (χ0n) is 17.2. The maximum absolute atomic E-state index is 12.8. The van der Waals surface area contributed by atoms with E-state index in [1.54, 1.807) is 31.2 Å². The molecule has 0 unspecified atom stereocenters. The molecule has 1 aromatic heterocycles. The van der Waals surface area contributed by atoms with Crippen LogP contribution in [-0.2, 0) is 11.3 Å². The summed E-state index contributed by atoms with van der Waals surface area (Å²) in [6, 6.07) is 13.9. The molecule has 0 saturated carbocycles. The average Bonchev–Trinajstić information content (AvgIpc) is 3.34. The third-order valence-corrected chi connectivity index (χ3v) is 5.94. The van der Waals surface area contributed by atoms with E-state index in [-0.39, 0.29) is 28.3 Å². The van der Waals surface area contributed by atoms with Gasteiger partial charge in [0, 0.05) is 23.3 Å². The number of imide groups is 1. The van der Waals surface area contributed by atoms with Crippen molar-refractivity contribution in [3.63, 3.8) is 0 Å². The molecule has 0 aliphatic carbocycles. The van der Waals surface area contributed by atoms with E-state index in [1.165, 1.54) is 36.4 Å². The molecule has 0 radical (unpaired) electrons. The predicted octanol–water partition coefficient (Wildman–Crippen LogP) is 5.10. The van der Waals surface area contributed by atoms with Crippen LogP contribution < -0.4 is 0 Å². The lowest BCUT2D eigenvalue weighted by molar-refractivity contribution is -0.385. The van der Waals surface area contributed by atoms with Gasteiger partial charge in [0.15, 0.2) is 0 Å². The molecule has 2 aromatic carbocycles. The van der Waals surface area contributed by atoms with Crippen molar-refractivity contribution < 1.29 is 28.8 Å². The predicted molar refractivity (Wildman–Crippen MR) is 120 cm³/mol. The maximum Gasteiger partial charge on any atom is 0.335 e. The molecule has 0 bridgehead atoms. The van der Waals surface area contributed by atoms with Gasteiger partial charge >= 0.3 is 5.97 Å². The monoisotopic (exact) mass is 464 g/mol. The summed E-state index contributed by atoms with van der Waals surface area (Å²) in [4.78, 5) is 48.1. The van der Waals surface area contributed by atoms with E-state index in [2.05, 4.69) is 0 Å². The van der Waals surface area contributed by atoms with Crippen molar-refractivity contribution in [2.24, 2.45) is 0 Å². The number of rotatable bonds is 6. The van der Waals surface area contributed by atoms with Crippen LogP contribution in [0.3, 0.4) is 0 Å². The molecule has 1 aliphatic rings. The number of hydrogen-bond donors (Lipinski definition) is 1. The first kappa shape index (κ1) is 22.0. The first-order valence-corrected chi connectivity index (χ1v) is 10.5. The van der Waals surface area contributed by atoms with E-state index >= 15 is 0 Å². The van der Waals surface area contributed by atoms with Crippen molar-refractivity contribution >= 4 is 40.6 Å². The topological polar surface area (TPSA) is 131 Å². The fourth-order valence-electron chi connectivity index (χ4n) is 3.41. The van der Waals surface area contributed by atoms with Crippen LogP contribution in [0, 0.1) is 17.0 Å². The number of para-hydroxylation sites is 1. The van der Waals surface area contributed by atoms with Gasteiger partial charge in [0.25, 0.3) is 16.8 Å². The van der Waals surface area contributed by atoms with Gasteiger partial charge in [0.05, 0.1) is 21.9 Å². The Morgan fingerprint density at radius 3 is 2.64 bits per heavy atom. The second-order valence-corrected chi connectivity index (χ2v) is 8.18. The molecule has 1 N–H and O–H groups in total. The summed E-state index contributed by atoms with van der Waals surface area (Å²) >= 11 is 0.727. The van der Waals surface area contributed by atoms with Crippen LogP contribution in [0.25, 0.3) is 17.4 Å². The molecule has 2 amide bonds. The maximum atomic E-state index is 12.8. The molecule has 33 heavy (non-hydrogen) atoms. The highest BCUT2D eigenvalue weighted by atomic mass is 32.2. The molecule has 1 aliphatic heterocycles. The zero-order chi connectivity index (χ0) is 23.7. The van der Waals surface area contributed by atoms with Crippen molar-refractivity contribution in [2.45, 2.75) is 13.5 Å². The molecule has 3 aromatic rings. The number of nitro benzene ring substituents is 1. The Hall–Kier alpha value is -4.18. The summed E-state index contributed by atoms with van der Waals surface area (Å²) in [6.07, 6.45) is 1.44. The lowest BCUT2D eigenvalue weighted by Gasteiger charge is -2.12. The minimum atomic E-state index is -1.03. The lowest BCUT2D eigenvalue weighted by Crippen LogP contribution is -2.27. The minimum Gasteiger partial charge on any atom is -0.478 e. The number of benzene rings is 2. The summed E-state index contributed by atoms with van der Waals surface area (Å²) in [6.45, 7) is 1.55. The van der Waals surface area contributed by atoms with Gasteiger partial charge in [-0.1, -0.05) is 24.3 Å². The number of carboxylic acid groups (broad SMARTS) is 1. The zero-order valence-corrected chi connectivity index (χ0v) is 18.0. The van der Waals surface area contributed by atoms with E-state index in [9.17, 15) is 24.5 Å². The van der Waals surface area contributed by atoms with Gasteiger partial charge in [-0.15, -0.1) is 0 Å². The molecule has 0 atom stereocenters. The van der Waals surface area contributed by atoms with Gasteiger partial charge in [0.2, 0.25) is 0 Å². The number of hydrogen-bond acceptors (Lipinski definition) is 7. The van der Waals surface area contributed by atoms with E-state index in [4.69, 9.17) is 9.52 Å². The van der Waals surface area contributed by atoms with Gasteiger partial charge in [-0.3, -0.25) is 24.6 Å². The Balaban J connectivity index is 1.56. The van der Waals surface area contributed by atoms with Gasteiger partial charge in [-0.25, -0.2) is 4.79 Å². The van der Waals surface area contributed by atoms with Crippen LogP contribution in [0.5, 0.6) is 0 Å². The van der Waals surface area contributed by atoms with E-state index in [0.717, 1.165) is 16.7 Å². The number of nitro groups is 1. The first-order valence-electron chi connectivity index (χ1n) is 9.66. The number of aromatic carboxylic acids is 1. The Labute approximate surface area is 191 Å². The standard InChI is InChI=1S/C23H16N2O7S/c1-13-10-14(22(27)28)6-8-17(13)19-9-7-16(32-19)11-20-21(26)24(23(29)33-20)12-15-4-2-3-5-18(15)25(30)31/h2-11H,12H2,1H3,(H,27,28)/b20-11-. The van der Waals surface area contributed by atoms with Crippen molar-refractivity contribution in [3.8, 4) is 11.3 Å². The quantitative estimate of drug-likeness (QED) is 0.303. The van der Waals surface area contributed by atoms with Crippen LogP contribution in [0.4, 0.5) is 10.5 Å². The SMILES string of the molecule is Cc1cc(C(=O)O)ccc1-c1ccc(/C=C2\SC(=O)N(Cc3ccccc3[N+](=O)[O-])C2=O)o1. The minimum absolute atomic E-state index is 0.137. The normalized spacial score (nSPS) is 14.8. The number of amides is 2. The Kier molecular flexibility index (Phi) is 5.84. The van der Waals surface area contributed by atoms with Gasteiger partial charge in [0.1, 0.15) is 11.5 Å². The molecule has 4 rings (SSSR count). The molecule has 1 saturated heterocycles. The number of nitrogens with zero attached hydrogens (tertiary/aromatic N) is 2. The summed E-state index contributed by atoms with van der Waals surface area (Å²) in [5, 5.41) is 19.8. The van der Waals surface area contributed by atoms with E-state index in [1.807, 2.05) is 0 Å². The van der Waals surface area contributed by atoms with Gasteiger partial charge in [-0.05, 0) is 48.5 Å². The number of carbonyl (C=O) groups is 3. The summed E-state index contributed by atoms with van der Waals surface area (Å²) < 4.78 is 5.79.